The van der Waals surface area contributed by atoms with Crippen LogP contribution in [0.1, 0.15) is 19.6 Å². The summed E-state index contributed by atoms with van der Waals surface area (Å²) >= 11 is 0. The summed E-state index contributed by atoms with van der Waals surface area (Å²) in [4.78, 5) is 39.9. The van der Waals surface area contributed by atoms with Crippen molar-refractivity contribution in [2.75, 3.05) is 6.61 Å². The Hall–Kier alpha value is -2.91. The molecule has 0 aliphatic carbocycles. The van der Waals surface area contributed by atoms with Crippen molar-refractivity contribution >= 4 is 24.1 Å². The number of carbonyl (C=O) groups is 3. The molecule has 9 nitrogen and oxygen atoms in total. The molecular formula is C14H16FN3O6. The third-order valence-electron chi connectivity index (χ3n) is 2.92. The van der Waals surface area contributed by atoms with Crippen LogP contribution in [0.5, 0.6) is 0 Å². The van der Waals surface area contributed by atoms with E-state index in [-0.39, 0.29) is 18.3 Å². The molecule has 10 heteroatoms. The van der Waals surface area contributed by atoms with Crippen molar-refractivity contribution < 1.29 is 32.8 Å². The number of rotatable bonds is 6. The van der Waals surface area contributed by atoms with E-state index in [4.69, 9.17) is 14.0 Å². The maximum atomic E-state index is 15.0. The number of nitrogens with one attached hydrogen (secondary N) is 2. The first-order valence-electron chi connectivity index (χ1n) is 7.04. The molecule has 1 fully saturated rings. The number of amides is 3. The molecule has 0 bridgehead atoms. The highest BCUT2D eigenvalue weighted by Crippen LogP contribution is 2.24. The van der Waals surface area contributed by atoms with Gasteiger partial charge in [0, 0.05) is 0 Å². The van der Waals surface area contributed by atoms with Gasteiger partial charge in [0.25, 0.3) is 12.1 Å². The SMILES string of the molecule is CC(C)COC(=O)C1(F)C(=O)NC(=O)NC1O/N=C/c1ccco1. The highest BCUT2D eigenvalue weighted by molar-refractivity contribution is 6.14. The van der Waals surface area contributed by atoms with Gasteiger partial charge in [-0.15, -0.1) is 0 Å². The van der Waals surface area contributed by atoms with Crippen molar-refractivity contribution in [1.29, 1.82) is 0 Å². The first kappa shape index (κ1) is 17.4. The minimum absolute atomic E-state index is 0.0739. The number of halogens is 1. The largest absolute Gasteiger partial charge is 0.463 e. The molecule has 1 aliphatic heterocycles. The Bertz CT molecular complexity index is 645. The van der Waals surface area contributed by atoms with E-state index in [9.17, 15) is 18.8 Å². The van der Waals surface area contributed by atoms with Crippen LogP contribution < -0.4 is 10.6 Å². The van der Waals surface area contributed by atoms with E-state index in [0.29, 0.717) is 0 Å². The highest BCUT2D eigenvalue weighted by Gasteiger charge is 2.61. The summed E-state index contributed by atoms with van der Waals surface area (Å²) in [6, 6.07) is 2.10. The van der Waals surface area contributed by atoms with Crippen LogP contribution in [0, 0.1) is 5.92 Å². The van der Waals surface area contributed by atoms with Crippen LogP contribution in [0.25, 0.3) is 0 Å². The molecule has 130 valence electrons. The first-order valence-corrected chi connectivity index (χ1v) is 7.04. The third-order valence-corrected chi connectivity index (χ3v) is 2.92. The standard InChI is InChI=1S/C14H16FN3O6/c1-8(2)7-23-12(20)14(15)10(19)17-13(21)18-11(14)24-16-6-9-4-3-5-22-9/h3-6,8,11H,7H2,1-2H3,(H2,17,18,19,21)/b16-6+. The second-order valence-electron chi connectivity index (χ2n) is 5.37. The quantitative estimate of drug-likeness (QED) is 0.340. The lowest BCUT2D eigenvalue weighted by Gasteiger charge is -2.32. The summed E-state index contributed by atoms with van der Waals surface area (Å²) in [5.74, 6) is -2.76. The average Bonchev–Trinajstić information content (AvgIpc) is 3.02. The van der Waals surface area contributed by atoms with Gasteiger partial charge in [0.2, 0.25) is 0 Å². The highest BCUT2D eigenvalue weighted by atomic mass is 19.1. The number of imide groups is 1. The van der Waals surface area contributed by atoms with Crippen LogP contribution in [-0.2, 0) is 19.2 Å². The molecule has 1 saturated heterocycles. The number of alkyl halides is 1. The molecule has 24 heavy (non-hydrogen) atoms. The Balaban J connectivity index is 2.15. The zero-order valence-electron chi connectivity index (χ0n) is 12.9. The number of ether oxygens (including phenoxy) is 1. The van der Waals surface area contributed by atoms with Gasteiger partial charge in [-0.3, -0.25) is 15.4 Å². The van der Waals surface area contributed by atoms with Crippen molar-refractivity contribution in [2.45, 2.75) is 25.7 Å². The summed E-state index contributed by atoms with van der Waals surface area (Å²) in [6.07, 6.45) is 0.475. The van der Waals surface area contributed by atoms with Gasteiger partial charge in [0.1, 0.15) is 12.0 Å². The summed E-state index contributed by atoms with van der Waals surface area (Å²) in [7, 11) is 0. The number of urea groups is 1. The molecule has 0 saturated carbocycles. The topological polar surface area (TPSA) is 119 Å². The predicted molar refractivity (Wildman–Crippen MR) is 77.5 cm³/mol. The van der Waals surface area contributed by atoms with Gasteiger partial charge in [-0.05, 0) is 18.1 Å². The summed E-state index contributed by atoms with van der Waals surface area (Å²) in [5, 5.41) is 7.05. The number of esters is 1. The number of carbonyl (C=O) groups excluding carboxylic acids is 3. The second-order valence-corrected chi connectivity index (χ2v) is 5.37. The van der Waals surface area contributed by atoms with Crippen LogP contribution in [0.15, 0.2) is 28.0 Å². The zero-order valence-corrected chi connectivity index (χ0v) is 12.9. The molecule has 2 unspecified atom stereocenters. The Labute approximate surface area is 136 Å². The molecule has 2 rings (SSSR count). The third kappa shape index (κ3) is 3.70. The smallest absolute Gasteiger partial charge is 0.360 e. The van der Waals surface area contributed by atoms with Gasteiger partial charge >= 0.3 is 17.7 Å². The van der Waals surface area contributed by atoms with Gasteiger partial charge in [-0.25, -0.2) is 14.0 Å². The van der Waals surface area contributed by atoms with Crippen molar-refractivity contribution in [3.8, 4) is 0 Å². The number of hydrogen-bond donors (Lipinski definition) is 2. The molecular weight excluding hydrogens is 325 g/mol. The predicted octanol–water partition coefficient (Wildman–Crippen LogP) is 0.703. The average molecular weight is 341 g/mol. The van der Waals surface area contributed by atoms with Crippen LogP contribution in [0.4, 0.5) is 9.18 Å². The lowest BCUT2D eigenvalue weighted by atomic mass is 10.0. The molecule has 1 aromatic heterocycles. The fourth-order valence-corrected chi connectivity index (χ4v) is 1.72. The van der Waals surface area contributed by atoms with Crippen LogP contribution >= 0.6 is 0 Å². The lowest BCUT2D eigenvalue weighted by Crippen LogP contribution is -2.70. The minimum atomic E-state index is -3.27. The molecule has 0 aromatic carbocycles. The van der Waals surface area contributed by atoms with E-state index in [0.717, 1.165) is 6.21 Å². The van der Waals surface area contributed by atoms with E-state index < -0.39 is 29.8 Å². The van der Waals surface area contributed by atoms with Crippen LogP contribution in [-0.4, -0.2) is 42.6 Å². The van der Waals surface area contributed by atoms with Gasteiger partial charge in [-0.2, -0.15) is 0 Å². The van der Waals surface area contributed by atoms with Gasteiger partial charge in [0.15, 0.2) is 0 Å². The fourth-order valence-electron chi connectivity index (χ4n) is 1.72. The fraction of sp³-hybridized carbons (Fsp3) is 0.429. The lowest BCUT2D eigenvalue weighted by molar-refractivity contribution is -0.180. The van der Waals surface area contributed by atoms with Crippen LogP contribution in [0.3, 0.4) is 0 Å². The van der Waals surface area contributed by atoms with Crippen LogP contribution in [0.2, 0.25) is 0 Å². The zero-order chi connectivity index (χ0) is 17.7. The number of hydrogen-bond acceptors (Lipinski definition) is 7. The Morgan fingerprint density at radius 1 is 1.54 bits per heavy atom. The normalized spacial score (nSPS) is 23.9. The van der Waals surface area contributed by atoms with E-state index in [1.807, 2.05) is 5.32 Å². The molecule has 2 heterocycles. The first-order chi connectivity index (χ1) is 11.3. The summed E-state index contributed by atoms with van der Waals surface area (Å²) in [5.41, 5.74) is -3.27. The molecule has 2 N–H and O–H groups in total. The number of nitrogens with zero attached hydrogens (tertiary/aromatic N) is 1. The van der Waals surface area contributed by atoms with Gasteiger partial charge < -0.3 is 14.0 Å². The molecule has 2 atom stereocenters. The number of oxime groups is 1. The van der Waals surface area contributed by atoms with E-state index in [1.165, 1.54) is 6.26 Å². The summed E-state index contributed by atoms with van der Waals surface area (Å²) in [6.45, 7) is 3.37. The molecule has 1 aliphatic rings. The van der Waals surface area contributed by atoms with E-state index in [2.05, 4.69) is 5.16 Å². The Kier molecular flexibility index (Phi) is 5.17. The number of furan rings is 1. The molecule has 1 aromatic rings. The second kappa shape index (κ2) is 7.11. The Morgan fingerprint density at radius 2 is 2.29 bits per heavy atom. The van der Waals surface area contributed by atoms with Crippen molar-refractivity contribution in [2.24, 2.45) is 11.1 Å². The molecule has 0 radical (unpaired) electrons. The Morgan fingerprint density at radius 3 is 2.92 bits per heavy atom. The maximum absolute atomic E-state index is 15.0. The van der Waals surface area contributed by atoms with Gasteiger partial charge in [0.05, 0.1) is 12.9 Å². The van der Waals surface area contributed by atoms with Gasteiger partial charge in [-0.1, -0.05) is 19.0 Å². The summed E-state index contributed by atoms with van der Waals surface area (Å²) < 4.78 is 24.7. The van der Waals surface area contributed by atoms with E-state index >= 15 is 0 Å². The van der Waals surface area contributed by atoms with Crippen molar-refractivity contribution in [3.63, 3.8) is 0 Å². The van der Waals surface area contributed by atoms with Crippen molar-refractivity contribution in [3.05, 3.63) is 24.2 Å². The minimum Gasteiger partial charge on any atom is -0.463 e. The van der Waals surface area contributed by atoms with Crippen molar-refractivity contribution in [1.82, 2.24) is 10.6 Å². The monoisotopic (exact) mass is 341 g/mol. The molecule has 3 amide bonds. The molecule has 0 spiro atoms. The van der Waals surface area contributed by atoms with E-state index in [1.54, 1.807) is 31.3 Å². The maximum Gasteiger partial charge on any atom is 0.360 e.